The molecule has 0 aliphatic rings. The van der Waals surface area contributed by atoms with Crippen LogP contribution in [0.5, 0.6) is 0 Å². The summed E-state index contributed by atoms with van der Waals surface area (Å²) in [6.07, 6.45) is 3.27. The molecule has 1 heterocycles. The summed E-state index contributed by atoms with van der Waals surface area (Å²) in [5, 5.41) is 0.564. The Morgan fingerprint density at radius 1 is 1.00 bits per heavy atom. The van der Waals surface area contributed by atoms with Crippen molar-refractivity contribution in [2.75, 3.05) is 0 Å². The van der Waals surface area contributed by atoms with Crippen molar-refractivity contribution in [3.63, 3.8) is 0 Å². The summed E-state index contributed by atoms with van der Waals surface area (Å²) in [5.41, 5.74) is 1.08. The van der Waals surface area contributed by atoms with Gasteiger partial charge in [-0.1, -0.05) is 41.9 Å². The van der Waals surface area contributed by atoms with Crippen LogP contribution in [-0.4, -0.2) is 21.5 Å². The number of imidazole rings is 1. The van der Waals surface area contributed by atoms with E-state index in [9.17, 15) is 9.59 Å². The molecule has 0 saturated carbocycles. The Balaban J connectivity index is 1.87. The Morgan fingerprint density at radius 3 is 2.33 bits per heavy atom. The Bertz CT molecular complexity index is 828. The van der Waals surface area contributed by atoms with E-state index in [1.165, 1.54) is 0 Å². The molecule has 0 radical (unpaired) electrons. The lowest BCUT2D eigenvalue weighted by atomic mass is 9.90. The second-order valence-electron chi connectivity index (χ2n) is 5.39. The minimum Gasteiger partial charge on any atom is -0.348 e. The minimum absolute atomic E-state index is 0.0445. The maximum Gasteiger partial charge on any atom is 0.173 e. The van der Waals surface area contributed by atoms with Crippen LogP contribution in [0, 0.1) is 0 Å². The van der Waals surface area contributed by atoms with Crippen molar-refractivity contribution in [2.24, 2.45) is 0 Å². The van der Waals surface area contributed by atoms with Crippen molar-refractivity contribution in [3.05, 3.63) is 89.0 Å². The maximum atomic E-state index is 12.8. The zero-order valence-corrected chi connectivity index (χ0v) is 13.5. The summed E-state index contributed by atoms with van der Waals surface area (Å²) in [6.45, 7) is 0. The minimum atomic E-state index is -0.648. The second-order valence-corrected chi connectivity index (χ2v) is 5.83. The van der Waals surface area contributed by atoms with Gasteiger partial charge in [-0.05, 0) is 24.3 Å². The number of rotatable bonds is 6. The number of hydrogen-bond donors (Lipinski definition) is 1. The van der Waals surface area contributed by atoms with Crippen LogP contribution < -0.4 is 0 Å². The molecule has 0 saturated heterocycles. The van der Waals surface area contributed by atoms with Crippen LogP contribution in [0.2, 0.25) is 5.02 Å². The van der Waals surface area contributed by atoms with E-state index in [1.54, 1.807) is 60.9 Å². The fourth-order valence-electron chi connectivity index (χ4n) is 2.52. The molecule has 1 aromatic heterocycles. The first-order valence-corrected chi connectivity index (χ1v) is 7.90. The first-order valence-electron chi connectivity index (χ1n) is 7.52. The molecule has 0 unspecified atom stereocenters. The van der Waals surface area contributed by atoms with Crippen LogP contribution in [0.25, 0.3) is 0 Å². The number of nitrogens with zero attached hydrogens (tertiary/aromatic N) is 1. The largest absolute Gasteiger partial charge is 0.348 e. The average molecular weight is 339 g/mol. The highest BCUT2D eigenvalue weighted by Crippen LogP contribution is 2.24. The lowest BCUT2D eigenvalue weighted by molar-refractivity contribution is 0.0890. The van der Waals surface area contributed by atoms with Crippen molar-refractivity contribution in [3.8, 4) is 0 Å². The number of H-pyrrole nitrogens is 1. The molecular formula is C19H15ClN2O2. The van der Waals surface area contributed by atoms with Gasteiger partial charge in [-0.15, -0.1) is 0 Å². The van der Waals surface area contributed by atoms with E-state index in [2.05, 4.69) is 9.97 Å². The van der Waals surface area contributed by atoms with Crippen LogP contribution in [0.15, 0.2) is 67.0 Å². The number of benzene rings is 2. The molecule has 2 aromatic carbocycles. The van der Waals surface area contributed by atoms with Gasteiger partial charge in [0.1, 0.15) is 5.82 Å². The Morgan fingerprint density at radius 2 is 1.71 bits per heavy atom. The standard InChI is InChI=1S/C19H15ClN2O2/c20-15-8-6-13(7-9-15)17(23)12-16(19-21-10-11-22-19)18(24)14-4-2-1-3-5-14/h1-11,16H,12H2,(H,21,22)/t16-/m1/s1. The topological polar surface area (TPSA) is 62.8 Å². The van der Waals surface area contributed by atoms with Gasteiger partial charge in [0, 0.05) is 35.0 Å². The van der Waals surface area contributed by atoms with E-state index >= 15 is 0 Å². The molecule has 0 amide bonds. The summed E-state index contributed by atoms with van der Waals surface area (Å²) < 4.78 is 0. The van der Waals surface area contributed by atoms with Crippen LogP contribution in [-0.2, 0) is 0 Å². The third kappa shape index (κ3) is 3.60. The highest BCUT2D eigenvalue weighted by atomic mass is 35.5. The maximum absolute atomic E-state index is 12.8. The molecule has 3 rings (SSSR count). The Kier molecular flexibility index (Phi) is 4.87. The van der Waals surface area contributed by atoms with E-state index in [1.807, 2.05) is 6.07 Å². The highest BCUT2D eigenvalue weighted by molar-refractivity contribution is 6.30. The Hall–Kier alpha value is -2.72. The van der Waals surface area contributed by atoms with Crippen molar-refractivity contribution in [1.29, 1.82) is 0 Å². The first-order chi connectivity index (χ1) is 11.6. The van der Waals surface area contributed by atoms with Gasteiger partial charge in [0.25, 0.3) is 0 Å². The van der Waals surface area contributed by atoms with Crippen molar-refractivity contribution >= 4 is 23.2 Å². The number of Topliss-reactive ketones (excluding diaryl/α,β-unsaturated/α-hetero) is 2. The van der Waals surface area contributed by atoms with E-state index in [0.717, 1.165) is 0 Å². The predicted octanol–water partition coefficient (Wildman–Crippen LogP) is 4.30. The number of aromatic amines is 1. The number of ketones is 2. The summed E-state index contributed by atoms with van der Waals surface area (Å²) in [5.74, 6) is -0.415. The average Bonchev–Trinajstić information content (AvgIpc) is 3.14. The van der Waals surface area contributed by atoms with Crippen LogP contribution in [0.4, 0.5) is 0 Å². The van der Waals surface area contributed by atoms with Gasteiger partial charge in [-0.2, -0.15) is 0 Å². The summed E-state index contributed by atoms with van der Waals surface area (Å²) in [4.78, 5) is 32.5. The molecule has 1 N–H and O–H groups in total. The molecule has 120 valence electrons. The molecule has 0 fully saturated rings. The fraction of sp³-hybridized carbons (Fsp3) is 0.105. The molecule has 0 spiro atoms. The summed E-state index contributed by atoms with van der Waals surface area (Å²) in [6, 6.07) is 15.6. The van der Waals surface area contributed by atoms with Gasteiger partial charge in [-0.3, -0.25) is 9.59 Å². The number of aromatic nitrogens is 2. The van der Waals surface area contributed by atoms with E-state index in [0.29, 0.717) is 22.0 Å². The number of carbonyl (C=O) groups is 2. The number of nitrogens with one attached hydrogen (secondary N) is 1. The summed E-state index contributed by atoms with van der Waals surface area (Å²) in [7, 11) is 0. The monoisotopic (exact) mass is 338 g/mol. The molecule has 4 nitrogen and oxygen atoms in total. The smallest absolute Gasteiger partial charge is 0.173 e. The van der Waals surface area contributed by atoms with E-state index in [4.69, 9.17) is 11.6 Å². The zero-order valence-electron chi connectivity index (χ0n) is 12.8. The van der Waals surface area contributed by atoms with Crippen LogP contribution in [0.1, 0.15) is 38.9 Å². The number of halogens is 1. The number of hydrogen-bond acceptors (Lipinski definition) is 3. The number of carbonyl (C=O) groups excluding carboxylic acids is 2. The van der Waals surface area contributed by atoms with E-state index in [-0.39, 0.29) is 18.0 Å². The van der Waals surface area contributed by atoms with Gasteiger partial charge in [0.2, 0.25) is 0 Å². The third-order valence-corrected chi connectivity index (χ3v) is 4.03. The molecule has 3 aromatic rings. The van der Waals surface area contributed by atoms with Gasteiger partial charge in [-0.25, -0.2) is 4.98 Å². The summed E-state index contributed by atoms with van der Waals surface area (Å²) >= 11 is 5.85. The van der Waals surface area contributed by atoms with Crippen molar-refractivity contribution in [1.82, 2.24) is 9.97 Å². The van der Waals surface area contributed by atoms with Crippen LogP contribution >= 0.6 is 11.6 Å². The second kappa shape index (κ2) is 7.23. The lowest BCUT2D eigenvalue weighted by Gasteiger charge is -2.13. The van der Waals surface area contributed by atoms with Crippen molar-refractivity contribution in [2.45, 2.75) is 12.3 Å². The normalized spacial score (nSPS) is 11.9. The zero-order chi connectivity index (χ0) is 16.9. The molecule has 0 aliphatic heterocycles. The van der Waals surface area contributed by atoms with Gasteiger partial charge in [0.05, 0.1) is 5.92 Å². The Labute approximate surface area is 144 Å². The van der Waals surface area contributed by atoms with Crippen LogP contribution in [0.3, 0.4) is 0 Å². The molecule has 5 heteroatoms. The van der Waals surface area contributed by atoms with Crippen molar-refractivity contribution < 1.29 is 9.59 Å². The molecule has 0 bridgehead atoms. The van der Waals surface area contributed by atoms with E-state index < -0.39 is 5.92 Å². The molecule has 1 atom stereocenters. The third-order valence-electron chi connectivity index (χ3n) is 3.78. The SMILES string of the molecule is O=C(C[C@H](C(=O)c1ccccc1)c1ncc[nH]1)c1ccc(Cl)cc1. The quantitative estimate of drug-likeness (QED) is 0.681. The lowest BCUT2D eigenvalue weighted by Crippen LogP contribution is -2.18. The molecular weight excluding hydrogens is 324 g/mol. The predicted molar refractivity (Wildman–Crippen MR) is 92.5 cm³/mol. The molecule has 0 aliphatic carbocycles. The molecule has 24 heavy (non-hydrogen) atoms. The van der Waals surface area contributed by atoms with Gasteiger partial charge in [0.15, 0.2) is 11.6 Å². The van der Waals surface area contributed by atoms with Gasteiger partial charge < -0.3 is 4.98 Å². The first kappa shape index (κ1) is 16.1. The highest BCUT2D eigenvalue weighted by Gasteiger charge is 2.27. The van der Waals surface area contributed by atoms with Gasteiger partial charge >= 0.3 is 0 Å². The fourth-order valence-corrected chi connectivity index (χ4v) is 2.65.